The van der Waals surface area contributed by atoms with Crippen molar-refractivity contribution >= 4 is 23.4 Å². The molecule has 1 fully saturated rings. The number of hydrogen-bond acceptors (Lipinski definition) is 5. The molecule has 3 amide bonds. The van der Waals surface area contributed by atoms with Gasteiger partial charge in [0.25, 0.3) is 5.91 Å². The molecule has 4 N–H and O–H groups in total. The lowest BCUT2D eigenvalue weighted by Gasteiger charge is -2.29. The molecule has 0 bridgehead atoms. The van der Waals surface area contributed by atoms with Crippen LogP contribution in [0.25, 0.3) is 0 Å². The van der Waals surface area contributed by atoms with E-state index in [1.165, 1.54) is 5.56 Å². The van der Waals surface area contributed by atoms with Crippen LogP contribution < -0.4 is 16.4 Å². The Bertz CT molecular complexity index is 988. The van der Waals surface area contributed by atoms with Crippen molar-refractivity contribution in [2.75, 3.05) is 11.9 Å². The summed E-state index contributed by atoms with van der Waals surface area (Å²) in [4.78, 5) is 37.9. The maximum atomic E-state index is 12.8. The van der Waals surface area contributed by atoms with Gasteiger partial charge in [-0.3, -0.25) is 19.7 Å². The van der Waals surface area contributed by atoms with Gasteiger partial charge in [0.1, 0.15) is 6.04 Å². The summed E-state index contributed by atoms with van der Waals surface area (Å²) in [6.45, 7) is 1.71. The third-order valence-corrected chi connectivity index (χ3v) is 5.68. The Morgan fingerprint density at radius 3 is 2.77 bits per heavy atom. The van der Waals surface area contributed by atoms with Crippen molar-refractivity contribution in [2.24, 2.45) is 5.73 Å². The number of nitrogens with two attached hydrogens (primary N) is 1. The van der Waals surface area contributed by atoms with Crippen molar-refractivity contribution in [3.63, 3.8) is 0 Å². The molecule has 156 valence electrons. The number of hydrogen-bond donors (Lipinski definition) is 3. The van der Waals surface area contributed by atoms with Crippen LogP contribution in [-0.4, -0.2) is 35.2 Å². The molecule has 4 rings (SSSR count). The molecule has 0 aromatic heterocycles. The van der Waals surface area contributed by atoms with E-state index in [0.29, 0.717) is 31.6 Å². The maximum absolute atomic E-state index is 12.8. The lowest BCUT2D eigenvalue weighted by Crippen LogP contribution is -2.52. The van der Waals surface area contributed by atoms with Crippen molar-refractivity contribution in [3.8, 4) is 0 Å². The van der Waals surface area contributed by atoms with Crippen LogP contribution >= 0.6 is 0 Å². The molecule has 1 unspecified atom stereocenters. The second kappa shape index (κ2) is 8.67. The van der Waals surface area contributed by atoms with Crippen LogP contribution in [0.15, 0.2) is 42.5 Å². The first-order valence-corrected chi connectivity index (χ1v) is 10.3. The maximum Gasteiger partial charge on any atom is 0.255 e. The summed E-state index contributed by atoms with van der Waals surface area (Å²) in [6, 6.07) is 13.5. The Hall–Kier alpha value is -3.19. The molecule has 7 nitrogen and oxygen atoms in total. The average Bonchev–Trinajstić information content (AvgIpc) is 3.07. The Labute approximate surface area is 175 Å². The van der Waals surface area contributed by atoms with Crippen molar-refractivity contribution < 1.29 is 14.4 Å². The summed E-state index contributed by atoms with van der Waals surface area (Å²) in [6.07, 6.45) is 2.56. The number of carbonyl (C=O) groups is 3. The van der Waals surface area contributed by atoms with Crippen molar-refractivity contribution in [3.05, 3.63) is 64.7 Å². The minimum absolute atomic E-state index is 0.147. The monoisotopic (exact) mass is 406 g/mol. The second-order valence-corrected chi connectivity index (χ2v) is 7.84. The van der Waals surface area contributed by atoms with Crippen LogP contribution in [-0.2, 0) is 29.1 Å². The Morgan fingerprint density at radius 1 is 1.10 bits per heavy atom. The number of benzene rings is 2. The lowest BCUT2D eigenvalue weighted by molar-refractivity contribution is -0.136. The smallest absolute Gasteiger partial charge is 0.255 e. The number of piperidine rings is 1. The second-order valence-electron chi connectivity index (χ2n) is 7.84. The molecule has 0 aliphatic carbocycles. The molecule has 2 aromatic carbocycles. The van der Waals surface area contributed by atoms with Crippen LogP contribution in [0.1, 0.15) is 46.3 Å². The molecule has 1 saturated heterocycles. The van der Waals surface area contributed by atoms with Gasteiger partial charge in [-0.1, -0.05) is 24.3 Å². The summed E-state index contributed by atoms with van der Waals surface area (Å²) >= 11 is 0. The van der Waals surface area contributed by atoms with Crippen LogP contribution in [0.4, 0.5) is 5.69 Å². The predicted molar refractivity (Wildman–Crippen MR) is 114 cm³/mol. The Balaban J connectivity index is 1.42. The van der Waals surface area contributed by atoms with Gasteiger partial charge in [0.15, 0.2) is 0 Å². The average molecular weight is 406 g/mol. The van der Waals surface area contributed by atoms with Crippen molar-refractivity contribution in [1.29, 1.82) is 0 Å². The van der Waals surface area contributed by atoms with E-state index in [-0.39, 0.29) is 24.1 Å². The van der Waals surface area contributed by atoms with Crippen LogP contribution in [0.3, 0.4) is 0 Å². The van der Waals surface area contributed by atoms with Crippen LogP contribution in [0, 0.1) is 0 Å². The lowest BCUT2D eigenvalue weighted by atomic mass is 10.0. The highest BCUT2D eigenvalue weighted by Gasteiger charge is 2.38. The van der Waals surface area contributed by atoms with Gasteiger partial charge in [-0.25, -0.2) is 0 Å². The van der Waals surface area contributed by atoms with Crippen LogP contribution in [0.2, 0.25) is 0 Å². The zero-order chi connectivity index (χ0) is 21.1. The highest BCUT2D eigenvalue weighted by atomic mass is 16.2. The number of carbonyl (C=O) groups excluding carboxylic acids is 3. The number of nitrogens with zero attached hydrogens (tertiary/aromatic N) is 1. The molecule has 2 aliphatic heterocycles. The van der Waals surface area contributed by atoms with Gasteiger partial charge in [-0.15, -0.1) is 0 Å². The largest absolute Gasteiger partial charge is 0.381 e. The number of anilines is 1. The van der Waals surface area contributed by atoms with E-state index in [9.17, 15) is 14.4 Å². The predicted octanol–water partition coefficient (Wildman–Crippen LogP) is 1.95. The summed E-state index contributed by atoms with van der Waals surface area (Å²) in [7, 11) is 0. The summed E-state index contributed by atoms with van der Waals surface area (Å²) in [5.74, 6) is -0.809. The molecular formula is C23H26N4O3. The molecule has 2 heterocycles. The highest BCUT2D eigenvalue weighted by Crippen LogP contribution is 2.28. The van der Waals surface area contributed by atoms with E-state index >= 15 is 0 Å². The quantitative estimate of drug-likeness (QED) is 0.610. The van der Waals surface area contributed by atoms with Gasteiger partial charge >= 0.3 is 0 Å². The van der Waals surface area contributed by atoms with E-state index in [1.54, 1.807) is 4.90 Å². The molecule has 0 saturated carbocycles. The van der Waals surface area contributed by atoms with E-state index in [0.717, 1.165) is 29.7 Å². The molecule has 1 atom stereocenters. The van der Waals surface area contributed by atoms with Gasteiger partial charge in [0.05, 0.1) is 0 Å². The van der Waals surface area contributed by atoms with E-state index in [1.807, 2.05) is 30.3 Å². The first kappa shape index (κ1) is 20.1. The summed E-state index contributed by atoms with van der Waals surface area (Å²) in [5, 5.41) is 5.77. The first-order chi connectivity index (χ1) is 14.5. The minimum atomic E-state index is -0.583. The van der Waals surface area contributed by atoms with Gasteiger partial charge in [0, 0.05) is 30.8 Å². The topological polar surface area (TPSA) is 105 Å². The van der Waals surface area contributed by atoms with Crippen LogP contribution in [0.5, 0.6) is 0 Å². The highest BCUT2D eigenvalue weighted by molar-refractivity contribution is 6.05. The van der Waals surface area contributed by atoms with Gasteiger partial charge in [-0.2, -0.15) is 0 Å². The van der Waals surface area contributed by atoms with E-state index in [2.05, 4.69) is 22.8 Å². The number of imide groups is 1. The fourth-order valence-electron chi connectivity index (χ4n) is 4.08. The molecule has 2 aliphatic rings. The zero-order valence-corrected chi connectivity index (χ0v) is 16.8. The van der Waals surface area contributed by atoms with E-state index < -0.39 is 6.04 Å². The number of fused-ring (bicyclic) bond motifs is 1. The van der Waals surface area contributed by atoms with E-state index in [4.69, 9.17) is 5.73 Å². The number of rotatable bonds is 7. The molecule has 2 aromatic rings. The van der Waals surface area contributed by atoms with Crippen molar-refractivity contribution in [1.82, 2.24) is 10.2 Å². The molecule has 7 heteroatoms. The summed E-state index contributed by atoms with van der Waals surface area (Å²) in [5.41, 5.74) is 10.5. The normalized spacial score (nSPS) is 18.4. The molecular weight excluding hydrogens is 380 g/mol. The first-order valence-electron chi connectivity index (χ1n) is 10.3. The Morgan fingerprint density at radius 2 is 1.97 bits per heavy atom. The minimum Gasteiger partial charge on any atom is -0.381 e. The fraction of sp³-hybridized carbons (Fsp3) is 0.348. The van der Waals surface area contributed by atoms with Gasteiger partial charge in [0.2, 0.25) is 11.8 Å². The Kier molecular flexibility index (Phi) is 5.81. The number of aryl methyl sites for hydroxylation is 1. The third kappa shape index (κ3) is 4.21. The fourth-order valence-corrected chi connectivity index (χ4v) is 4.08. The molecule has 0 spiro atoms. The molecule has 0 radical (unpaired) electrons. The van der Waals surface area contributed by atoms with Gasteiger partial charge < -0.3 is 16.0 Å². The molecule has 30 heavy (non-hydrogen) atoms. The van der Waals surface area contributed by atoms with Crippen molar-refractivity contribution in [2.45, 2.75) is 44.8 Å². The number of nitrogens with one attached hydrogen (secondary N) is 2. The zero-order valence-electron chi connectivity index (χ0n) is 16.8. The standard InChI is InChI=1S/C23H26N4O3/c24-10-2-4-15-3-1-5-18(12-15)25-13-16-6-7-19-17(11-16)14-27(23(19)30)20-8-9-21(28)26-22(20)29/h1,3,5-7,11-12,20,25H,2,4,8-10,13-14,24H2,(H,26,28,29). The third-order valence-electron chi connectivity index (χ3n) is 5.68. The SMILES string of the molecule is NCCCc1cccc(NCc2ccc3c(c2)CN(C2CCC(=O)NC2=O)C3=O)c1. The van der Waals surface area contributed by atoms with Gasteiger partial charge in [-0.05, 0) is 60.7 Å². The summed E-state index contributed by atoms with van der Waals surface area (Å²) < 4.78 is 0. The number of amides is 3.